The van der Waals surface area contributed by atoms with Gasteiger partial charge in [0.25, 0.3) is 17.4 Å². The number of hydrogen-bond acceptors (Lipinski definition) is 5. The largest absolute Gasteiger partial charge is 0.321 e. The van der Waals surface area contributed by atoms with Crippen molar-refractivity contribution in [2.24, 2.45) is 7.05 Å². The Morgan fingerprint density at radius 1 is 0.755 bits per heavy atom. The maximum atomic E-state index is 14.1. The molecule has 0 saturated carbocycles. The zero-order valence-electron chi connectivity index (χ0n) is 28.5. The summed E-state index contributed by atoms with van der Waals surface area (Å²) in [5.41, 5.74) is 2.83. The summed E-state index contributed by atoms with van der Waals surface area (Å²) in [5.74, 6) is -1.52. The zero-order valence-corrected chi connectivity index (χ0v) is 30.9. The maximum Gasteiger partial charge on any atom is 0.295 e. The number of thioether (sulfide) groups is 1. The number of carbonyl (C=O) groups excluding carboxylic acids is 3. The van der Waals surface area contributed by atoms with Gasteiger partial charge in [0.05, 0.1) is 11.4 Å². The fraction of sp³-hybridized carbons (Fsp3) is 0.0732. The van der Waals surface area contributed by atoms with Crippen LogP contribution >= 0.6 is 35.0 Å². The van der Waals surface area contributed by atoms with Gasteiger partial charge in [-0.15, -0.1) is 11.8 Å². The predicted molar refractivity (Wildman–Crippen MR) is 213 cm³/mol. The molecule has 0 saturated heterocycles. The molecule has 9 nitrogen and oxygen atoms in total. The van der Waals surface area contributed by atoms with E-state index in [1.807, 2.05) is 66.7 Å². The number of hydrogen-bond donors (Lipinski definition) is 3. The van der Waals surface area contributed by atoms with E-state index in [0.717, 1.165) is 0 Å². The van der Waals surface area contributed by atoms with Gasteiger partial charge in [0.2, 0.25) is 5.91 Å². The SMILES string of the molecule is Cc1c(NC(=O)C(Sc2cccc(NC(=O)/C(=C\c3c(Cl)cccc3Cl)NC(=O)c3ccccc3)c2)c2ccccc2)c(=O)n(-c2ccccc2)n1C. The Hall–Kier alpha value is -5.81. The highest BCUT2D eigenvalue weighted by atomic mass is 35.5. The molecule has 1 aromatic heterocycles. The lowest BCUT2D eigenvalue weighted by atomic mass is 10.1. The normalized spacial score (nSPS) is 11.8. The quantitative estimate of drug-likeness (QED) is 0.0904. The minimum Gasteiger partial charge on any atom is -0.321 e. The minimum absolute atomic E-state index is 0.0900. The van der Waals surface area contributed by atoms with E-state index in [1.54, 1.807) is 85.4 Å². The number of carbonyl (C=O) groups is 3. The van der Waals surface area contributed by atoms with Crippen molar-refractivity contribution in [2.45, 2.75) is 17.1 Å². The average molecular weight is 763 g/mol. The number of aromatic nitrogens is 2. The number of nitrogens with one attached hydrogen (secondary N) is 3. The summed E-state index contributed by atoms with van der Waals surface area (Å²) < 4.78 is 3.21. The minimum atomic E-state index is -0.769. The van der Waals surface area contributed by atoms with Crippen LogP contribution in [-0.4, -0.2) is 27.1 Å². The molecule has 6 rings (SSSR count). The van der Waals surface area contributed by atoms with Crippen LogP contribution in [0.1, 0.15) is 32.4 Å². The van der Waals surface area contributed by atoms with Crippen LogP contribution in [-0.2, 0) is 16.6 Å². The molecule has 0 spiro atoms. The highest BCUT2D eigenvalue weighted by molar-refractivity contribution is 8.00. The summed E-state index contributed by atoms with van der Waals surface area (Å²) in [6.07, 6.45) is 1.42. The van der Waals surface area contributed by atoms with Crippen LogP contribution in [0, 0.1) is 6.92 Å². The van der Waals surface area contributed by atoms with Gasteiger partial charge in [-0.1, -0.05) is 102 Å². The van der Waals surface area contributed by atoms with Gasteiger partial charge in [0.15, 0.2) is 0 Å². The second-order valence-electron chi connectivity index (χ2n) is 11.8. The first-order valence-corrected chi connectivity index (χ1v) is 18.0. The number of rotatable bonds is 11. The van der Waals surface area contributed by atoms with E-state index in [9.17, 15) is 19.2 Å². The molecular formula is C41H33Cl2N5O4S. The van der Waals surface area contributed by atoms with Crippen molar-refractivity contribution in [1.82, 2.24) is 14.7 Å². The molecule has 1 atom stereocenters. The molecule has 0 aliphatic heterocycles. The van der Waals surface area contributed by atoms with Crippen molar-refractivity contribution in [3.8, 4) is 5.69 Å². The van der Waals surface area contributed by atoms with Gasteiger partial charge in [-0.2, -0.15) is 0 Å². The average Bonchev–Trinajstić information content (AvgIpc) is 3.38. The number of amides is 3. The summed E-state index contributed by atoms with van der Waals surface area (Å²) in [4.78, 5) is 55.2. The standard InChI is InChI=1S/C41H33Cl2N5O4S/c1-26-36(41(52)48(47(26)2)30-19-10-5-11-20-30)46-40(51)37(27-14-6-3-7-15-27)53-31-21-12-18-29(24-31)44-39(50)35(25-32-33(42)22-13-23-34(32)43)45-38(49)28-16-8-4-9-17-28/h3-25,37H,1-2H3,(H,44,50)(H,45,49)(H,46,51)/b35-25+. The van der Waals surface area contributed by atoms with Crippen molar-refractivity contribution >= 4 is 70.1 Å². The summed E-state index contributed by atoms with van der Waals surface area (Å²) in [7, 11) is 1.76. The fourth-order valence-electron chi connectivity index (χ4n) is 5.52. The second-order valence-corrected chi connectivity index (χ2v) is 13.8. The number of anilines is 2. The van der Waals surface area contributed by atoms with Crippen molar-refractivity contribution in [1.29, 1.82) is 0 Å². The first-order chi connectivity index (χ1) is 25.6. The number of halogens is 2. The van der Waals surface area contributed by atoms with Gasteiger partial charge in [-0.05, 0) is 73.2 Å². The molecule has 1 unspecified atom stereocenters. The van der Waals surface area contributed by atoms with Crippen LogP contribution in [0.2, 0.25) is 10.0 Å². The van der Waals surface area contributed by atoms with E-state index >= 15 is 0 Å². The fourth-order valence-corrected chi connectivity index (χ4v) is 7.11. The first-order valence-electron chi connectivity index (χ1n) is 16.4. The highest BCUT2D eigenvalue weighted by Gasteiger charge is 2.26. The summed E-state index contributed by atoms with van der Waals surface area (Å²) in [6, 6.07) is 38.8. The highest BCUT2D eigenvalue weighted by Crippen LogP contribution is 2.37. The number of nitrogens with zero attached hydrogens (tertiary/aromatic N) is 2. The van der Waals surface area contributed by atoms with Gasteiger partial charge < -0.3 is 16.0 Å². The third-order valence-corrected chi connectivity index (χ3v) is 10.2. The Bertz CT molecular complexity index is 2360. The van der Waals surface area contributed by atoms with Crippen LogP contribution in [0.5, 0.6) is 0 Å². The molecule has 3 amide bonds. The maximum absolute atomic E-state index is 14.1. The molecule has 0 aliphatic rings. The van der Waals surface area contributed by atoms with Crippen LogP contribution in [0.4, 0.5) is 11.4 Å². The van der Waals surface area contributed by atoms with E-state index in [-0.39, 0.29) is 16.9 Å². The Labute approximate surface area is 320 Å². The van der Waals surface area contributed by atoms with Crippen molar-refractivity contribution in [3.05, 3.63) is 182 Å². The van der Waals surface area contributed by atoms with E-state index in [0.29, 0.717) is 48.7 Å². The molecule has 6 aromatic rings. The lowest BCUT2D eigenvalue weighted by Gasteiger charge is -2.17. The molecule has 0 bridgehead atoms. The van der Waals surface area contributed by atoms with Gasteiger partial charge in [-0.25, -0.2) is 4.68 Å². The smallest absolute Gasteiger partial charge is 0.295 e. The van der Waals surface area contributed by atoms with Gasteiger partial charge in [-0.3, -0.25) is 23.9 Å². The Morgan fingerprint density at radius 2 is 1.36 bits per heavy atom. The van der Waals surface area contributed by atoms with Gasteiger partial charge in [0, 0.05) is 38.8 Å². The van der Waals surface area contributed by atoms with Crippen LogP contribution in [0.15, 0.2) is 149 Å². The third-order valence-electron chi connectivity index (χ3n) is 8.31. The van der Waals surface area contributed by atoms with Crippen LogP contribution in [0.3, 0.4) is 0 Å². The van der Waals surface area contributed by atoms with E-state index in [4.69, 9.17) is 23.2 Å². The molecule has 0 fully saturated rings. The molecule has 266 valence electrons. The molecule has 0 radical (unpaired) electrons. The first kappa shape index (κ1) is 37.0. The molecule has 53 heavy (non-hydrogen) atoms. The van der Waals surface area contributed by atoms with Crippen LogP contribution < -0.4 is 21.5 Å². The predicted octanol–water partition coefficient (Wildman–Crippen LogP) is 8.67. The molecule has 12 heteroatoms. The lowest BCUT2D eigenvalue weighted by Crippen LogP contribution is -2.30. The summed E-state index contributed by atoms with van der Waals surface area (Å²) in [5, 5.41) is 8.27. The Morgan fingerprint density at radius 3 is 2.02 bits per heavy atom. The summed E-state index contributed by atoms with van der Waals surface area (Å²) >= 11 is 14.1. The molecular weight excluding hydrogens is 729 g/mol. The number of para-hydroxylation sites is 1. The van der Waals surface area contributed by atoms with Crippen molar-refractivity contribution in [3.63, 3.8) is 0 Å². The van der Waals surface area contributed by atoms with Crippen LogP contribution in [0.25, 0.3) is 11.8 Å². The molecule has 5 aromatic carbocycles. The second kappa shape index (κ2) is 16.7. The van der Waals surface area contributed by atoms with E-state index < -0.39 is 23.0 Å². The lowest BCUT2D eigenvalue weighted by molar-refractivity contribution is -0.116. The molecule has 3 N–H and O–H groups in total. The van der Waals surface area contributed by atoms with Crippen molar-refractivity contribution in [2.75, 3.05) is 10.6 Å². The Balaban J connectivity index is 1.27. The molecule has 1 heterocycles. The van der Waals surface area contributed by atoms with Gasteiger partial charge in [0.1, 0.15) is 16.6 Å². The topological polar surface area (TPSA) is 114 Å². The van der Waals surface area contributed by atoms with E-state index in [2.05, 4.69) is 16.0 Å². The van der Waals surface area contributed by atoms with E-state index in [1.165, 1.54) is 22.5 Å². The zero-order chi connectivity index (χ0) is 37.5. The monoisotopic (exact) mass is 761 g/mol. The Kier molecular flexibility index (Phi) is 11.6. The van der Waals surface area contributed by atoms with Gasteiger partial charge >= 0.3 is 0 Å². The third kappa shape index (κ3) is 8.64. The van der Waals surface area contributed by atoms with Crippen molar-refractivity contribution < 1.29 is 14.4 Å². The summed E-state index contributed by atoms with van der Waals surface area (Å²) in [6.45, 7) is 1.78. The number of benzene rings is 5. The molecule has 0 aliphatic carbocycles.